The van der Waals surface area contributed by atoms with Gasteiger partial charge in [-0.25, -0.2) is 4.98 Å². The molecule has 5 nitrogen and oxygen atoms in total. The van der Waals surface area contributed by atoms with E-state index < -0.39 is 6.04 Å². The lowest BCUT2D eigenvalue weighted by molar-refractivity contribution is -0.118. The van der Waals surface area contributed by atoms with Crippen LogP contribution in [0.1, 0.15) is 27.2 Å². The molecule has 8 heteroatoms. The third-order valence-electron chi connectivity index (χ3n) is 4.36. The molecule has 0 spiro atoms. The molecule has 3 rings (SSSR count). The third kappa shape index (κ3) is 6.32. The van der Waals surface area contributed by atoms with Crippen molar-refractivity contribution in [3.05, 3.63) is 81.8 Å². The molecular weight excluding hydrogens is 438 g/mol. The molecule has 0 saturated heterocycles. The van der Waals surface area contributed by atoms with Gasteiger partial charge in [-0.15, -0.1) is 11.3 Å². The summed E-state index contributed by atoms with van der Waals surface area (Å²) in [5.74, 6) is 0.0775. The predicted molar refractivity (Wildman–Crippen MR) is 126 cm³/mol. The predicted octanol–water partition coefficient (Wildman–Crippen LogP) is 4.88. The second-order valence-corrected chi connectivity index (χ2v) is 9.08. The van der Waals surface area contributed by atoms with Gasteiger partial charge in [0.05, 0.1) is 10.6 Å². The number of halogens is 1. The molecule has 2 amide bonds. The summed E-state index contributed by atoms with van der Waals surface area (Å²) in [5, 5.41) is 6.52. The van der Waals surface area contributed by atoms with Crippen LogP contribution in [0, 0.1) is 0 Å². The first-order chi connectivity index (χ1) is 14.6. The molecule has 0 saturated carbocycles. The highest BCUT2D eigenvalue weighted by atomic mass is 35.5. The fraction of sp³-hybridized carbons (Fsp3) is 0.227. The Kier molecular flexibility index (Phi) is 8.30. The third-order valence-corrected chi connectivity index (χ3v) is 6.24. The summed E-state index contributed by atoms with van der Waals surface area (Å²) < 4.78 is 0. The smallest absolute Gasteiger partial charge is 0.253 e. The number of thiazole rings is 1. The molecule has 0 fully saturated rings. The highest BCUT2D eigenvalue weighted by Gasteiger charge is 2.23. The van der Waals surface area contributed by atoms with Crippen molar-refractivity contribution >= 4 is 51.6 Å². The second-order valence-electron chi connectivity index (χ2n) is 6.57. The van der Waals surface area contributed by atoms with E-state index in [2.05, 4.69) is 27.8 Å². The van der Waals surface area contributed by atoms with E-state index in [1.54, 1.807) is 42.2 Å². The van der Waals surface area contributed by atoms with Crippen LogP contribution in [0.3, 0.4) is 0 Å². The second kappa shape index (κ2) is 11.2. The van der Waals surface area contributed by atoms with Crippen molar-refractivity contribution in [2.75, 3.05) is 17.3 Å². The van der Waals surface area contributed by atoms with E-state index in [4.69, 9.17) is 11.6 Å². The molecule has 0 aliphatic rings. The lowest BCUT2D eigenvalue weighted by Gasteiger charge is -2.17. The maximum atomic E-state index is 12.8. The fourth-order valence-electron chi connectivity index (χ4n) is 2.82. The van der Waals surface area contributed by atoms with Crippen molar-refractivity contribution in [1.82, 2.24) is 10.3 Å². The zero-order valence-electron chi connectivity index (χ0n) is 16.4. The molecular formula is C22H22ClN3O2S2. The minimum absolute atomic E-state index is 0.287. The van der Waals surface area contributed by atoms with Crippen LogP contribution < -0.4 is 10.6 Å². The Morgan fingerprint density at radius 1 is 1.13 bits per heavy atom. The number of thioether (sulfide) groups is 1. The summed E-state index contributed by atoms with van der Waals surface area (Å²) in [6, 6.07) is 16.2. The zero-order valence-corrected chi connectivity index (χ0v) is 18.8. The molecule has 1 heterocycles. The number of benzene rings is 2. The van der Waals surface area contributed by atoms with Crippen LogP contribution in [0.4, 0.5) is 5.13 Å². The maximum absolute atomic E-state index is 12.8. The van der Waals surface area contributed by atoms with Gasteiger partial charge in [0.2, 0.25) is 5.91 Å². The lowest BCUT2D eigenvalue weighted by atomic mass is 10.1. The number of rotatable bonds is 9. The Hall–Kier alpha value is -2.35. The number of anilines is 1. The van der Waals surface area contributed by atoms with Crippen LogP contribution in [0.15, 0.2) is 60.8 Å². The van der Waals surface area contributed by atoms with E-state index >= 15 is 0 Å². The van der Waals surface area contributed by atoms with Crippen molar-refractivity contribution in [3.63, 3.8) is 0 Å². The Morgan fingerprint density at radius 3 is 2.60 bits per heavy atom. The van der Waals surface area contributed by atoms with Crippen LogP contribution in [0.25, 0.3) is 0 Å². The van der Waals surface area contributed by atoms with Crippen molar-refractivity contribution < 1.29 is 9.59 Å². The average Bonchev–Trinajstić information content (AvgIpc) is 3.18. The van der Waals surface area contributed by atoms with E-state index in [0.29, 0.717) is 22.1 Å². The van der Waals surface area contributed by atoms with E-state index in [1.165, 1.54) is 16.9 Å². The number of carbonyl (C=O) groups is 2. The number of hydrogen-bond donors (Lipinski definition) is 2. The van der Waals surface area contributed by atoms with Crippen LogP contribution in [0.5, 0.6) is 0 Å². The van der Waals surface area contributed by atoms with Crippen molar-refractivity contribution in [1.29, 1.82) is 0 Å². The largest absolute Gasteiger partial charge is 0.340 e. The summed E-state index contributed by atoms with van der Waals surface area (Å²) in [7, 11) is 0. The van der Waals surface area contributed by atoms with Crippen LogP contribution in [-0.4, -0.2) is 34.8 Å². The normalized spacial score (nSPS) is 11.7. The first-order valence-electron chi connectivity index (χ1n) is 9.40. The Morgan fingerprint density at radius 2 is 1.87 bits per heavy atom. The van der Waals surface area contributed by atoms with Gasteiger partial charge < -0.3 is 10.6 Å². The topological polar surface area (TPSA) is 71.1 Å². The minimum atomic E-state index is -0.678. The maximum Gasteiger partial charge on any atom is 0.253 e. The average molecular weight is 460 g/mol. The molecule has 30 heavy (non-hydrogen) atoms. The van der Waals surface area contributed by atoms with Crippen LogP contribution >= 0.6 is 34.7 Å². The molecule has 0 aliphatic carbocycles. The van der Waals surface area contributed by atoms with Crippen molar-refractivity contribution in [2.45, 2.75) is 18.9 Å². The summed E-state index contributed by atoms with van der Waals surface area (Å²) in [6.07, 6.45) is 4.99. The van der Waals surface area contributed by atoms with Gasteiger partial charge in [0.1, 0.15) is 6.04 Å². The van der Waals surface area contributed by atoms with Gasteiger partial charge in [-0.3, -0.25) is 9.59 Å². The van der Waals surface area contributed by atoms with Crippen molar-refractivity contribution in [2.24, 2.45) is 0 Å². The van der Waals surface area contributed by atoms with E-state index in [9.17, 15) is 9.59 Å². The molecule has 1 unspecified atom stereocenters. The number of amides is 2. The molecule has 1 atom stereocenters. The fourth-order valence-corrected chi connectivity index (χ4v) is 4.37. The van der Waals surface area contributed by atoms with Gasteiger partial charge in [0.15, 0.2) is 5.13 Å². The highest BCUT2D eigenvalue weighted by molar-refractivity contribution is 7.98. The van der Waals surface area contributed by atoms with E-state index in [1.807, 2.05) is 24.5 Å². The monoisotopic (exact) mass is 459 g/mol. The van der Waals surface area contributed by atoms with Crippen molar-refractivity contribution in [3.8, 4) is 0 Å². The Bertz CT molecular complexity index is 995. The molecule has 2 aromatic carbocycles. The summed E-state index contributed by atoms with van der Waals surface area (Å²) in [6.45, 7) is 0. The minimum Gasteiger partial charge on any atom is -0.340 e. The molecule has 0 aliphatic heterocycles. The molecule has 2 N–H and O–H groups in total. The summed E-state index contributed by atoms with van der Waals surface area (Å²) >= 11 is 9.16. The number of nitrogens with one attached hydrogen (secondary N) is 2. The van der Waals surface area contributed by atoms with Gasteiger partial charge in [-0.2, -0.15) is 11.8 Å². The summed E-state index contributed by atoms with van der Waals surface area (Å²) in [4.78, 5) is 30.8. The van der Waals surface area contributed by atoms with Gasteiger partial charge >= 0.3 is 0 Å². The quantitative estimate of drug-likeness (QED) is 0.478. The van der Waals surface area contributed by atoms with Crippen LogP contribution in [0.2, 0.25) is 5.02 Å². The number of carbonyl (C=O) groups excluding carboxylic acids is 2. The lowest BCUT2D eigenvalue weighted by Crippen LogP contribution is -2.44. The van der Waals surface area contributed by atoms with E-state index in [0.717, 1.165) is 17.1 Å². The Balaban J connectivity index is 1.65. The zero-order chi connectivity index (χ0) is 21.3. The molecule has 1 aromatic heterocycles. The first-order valence-corrected chi connectivity index (χ1v) is 12.0. The molecule has 0 radical (unpaired) electrons. The standard InChI is InChI=1S/C22H22ClN3O2S2/c1-29-12-11-19(25-20(27)17-9-5-6-10-18(17)23)21(28)26-22-24-14-16(30-22)13-15-7-3-2-4-8-15/h2-10,14,19H,11-13H2,1H3,(H,25,27)(H,24,26,28). The Labute approximate surface area is 189 Å². The number of nitrogens with zero attached hydrogens (tertiary/aromatic N) is 1. The van der Waals surface area contributed by atoms with E-state index in [-0.39, 0.29) is 11.8 Å². The van der Waals surface area contributed by atoms with Gasteiger partial charge in [-0.1, -0.05) is 54.1 Å². The number of hydrogen-bond acceptors (Lipinski definition) is 5. The van der Waals surface area contributed by atoms with Gasteiger partial charge in [-0.05, 0) is 36.1 Å². The first kappa shape index (κ1) is 22.3. The number of aromatic nitrogens is 1. The molecule has 3 aromatic rings. The molecule has 156 valence electrons. The SMILES string of the molecule is CSCCC(NC(=O)c1ccccc1Cl)C(=O)Nc1ncc(Cc2ccccc2)s1. The van der Waals surface area contributed by atoms with Crippen LogP contribution in [-0.2, 0) is 11.2 Å². The molecule has 0 bridgehead atoms. The van der Waals surface area contributed by atoms with Gasteiger partial charge in [0.25, 0.3) is 5.91 Å². The van der Waals surface area contributed by atoms with Gasteiger partial charge in [0, 0.05) is 17.5 Å². The highest BCUT2D eigenvalue weighted by Crippen LogP contribution is 2.22. The summed E-state index contributed by atoms with van der Waals surface area (Å²) in [5.41, 5.74) is 1.53.